The first-order valence-electron chi connectivity index (χ1n) is 5.52. The van der Waals surface area contributed by atoms with E-state index in [1.807, 2.05) is 4.90 Å². The number of piperidine rings is 1. The third kappa shape index (κ3) is 4.18. The van der Waals surface area contributed by atoms with E-state index in [2.05, 4.69) is 6.58 Å². The van der Waals surface area contributed by atoms with Crippen LogP contribution in [0, 0.1) is 5.92 Å². The van der Waals surface area contributed by atoms with Gasteiger partial charge in [0, 0.05) is 13.7 Å². The van der Waals surface area contributed by atoms with Gasteiger partial charge in [0.15, 0.2) is 0 Å². The van der Waals surface area contributed by atoms with E-state index in [4.69, 9.17) is 4.74 Å². The Morgan fingerprint density at radius 1 is 1.38 bits per heavy atom. The molecule has 0 aliphatic carbocycles. The van der Waals surface area contributed by atoms with Gasteiger partial charge in [-0.1, -0.05) is 0 Å². The van der Waals surface area contributed by atoms with Crippen LogP contribution in [0.5, 0.6) is 0 Å². The maximum absolute atomic E-state index is 12.3. The predicted octanol–water partition coefficient (Wildman–Crippen LogP) is 2.29. The molecule has 1 aliphatic heterocycles. The highest BCUT2D eigenvalue weighted by Gasteiger charge is 2.29. The van der Waals surface area contributed by atoms with E-state index >= 15 is 0 Å². The third-order valence-corrected chi connectivity index (χ3v) is 3.00. The summed E-state index contributed by atoms with van der Waals surface area (Å²) in [6, 6.07) is 0. The Bertz CT molecular complexity index is 237. The molecule has 94 valence electrons. The first-order chi connectivity index (χ1) is 7.43. The van der Waals surface area contributed by atoms with Gasteiger partial charge in [-0.15, -0.1) is 12.1 Å². The maximum atomic E-state index is 12.3. The molecule has 0 aromatic carbocycles. The highest BCUT2D eigenvalue weighted by atomic mass is 19.4. The number of hydrogen-bond acceptors (Lipinski definition) is 2. The van der Waals surface area contributed by atoms with E-state index in [-0.39, 0.29) is 6.54 Å². The van der Waals surface area contributed by atoms with Crippen molar-refractivity contribution >= 4 is 6.98 Å². The minimum absolute atomic E-state index is 0.0385. The number of halogens is 3. The normalized spacial score (nSPS) is 20.0. The standard InChI is InChI=1S/C10H18BF3NO/c1-9(11(12,13)14)7-15-5-3-10(4-6-15)8-16-2/h10H,1,3-8H2,2H3/q-1. The summed E-state index contributed by atoms with van der Waals surface area (Å²) < 4.78 is 42.0. The van der Waals surface area contributed by atoms with Crippen LogP contribution in [0.15, 0.2) is 12.1 Å². The van der Waals surface area contributed by atoms with Gasteiger partial charge in [-0.2, -0.15) is 0 Å². The summed E-state index contributed by atoms with van der Waals surface area (Å²) in [4.78, 5) is 1.82. The molecule has 16 heavy (non-hydrogen) atoms. The number of ether oxygens (including phenoxy) is 1. The van der Waals surface area contributed by atoms with Crippen molar-refractivity contribution in [3.05, 3.63) is 12.1 Å². The summed E-state index contributed by atoms with van der Waals surface area (Å²) >= 11 is 0. The molecule has 1 fully saturated rings. The van der Waals surface area contributed by atoms with E-state index in [0.29, 0.717) is 25.6 Å². The van der Waals surface area contributed by atoms with Crippen LogP contribution in [-0.2, 0) is 4.74 Å². The molecule has 6 heteroatoms. The molecule has 0 unspecified atom stereocenters. The Hall–Kier alpha value is -0.485. The van der Waals surface area contributed by atoms with Crippen LogP contribution in [0.25, 0.3) is 0 Å². The number of methoxy groups -OCH3 is 1. The predicted molar refractivity (Wildman–Crippen MR) is 59.3 cm³/mol. The molecule has 0 atom stereocenters. The average molecular weight is 236 g/mol. The lowest BCUT2D eigenvalue weighted by Gasteiger charge is -2.34. The molecule has 0 saturated carbocycles. The van der Waals surface area contributed by atoms with Gasteiger partial charge in [0.1, 0.15) is 0 Å². The van der Waals surface area contributed by atoms with Gasteiger partial charge in [-0.05, 0) is 38.4 Å². The van der Waals surface area contributed by atoms with E-state index in [0.717, 1.165) is 12.8 Å². The first kappa shape index (κ1) is 13.6. The monoisotopic (exact) mass is 236 g/mol. The fourth-order valence-electron chi connectivity index (χ4n) is 1.94. The van der Waals surface area contributed by atoms with Gasteiger partial charge in [0.2, 0.25) is 0 Å². The highest BCUT2D eigenvalue weighted by molar-refractivity contribution is 6.66. The van der Waals surface area contributed by atoms with Crippen molar-refractivity contribution in [1.82, 2.24) is 4.90 Å². The molecule has 1 aliphatic rings. The number of rotatable bonds is 5. The number of nitrogens with zero attached hydrogens (tertiary/aromatic N) is 1. The van der Waals surface area contributed by atoms with Crippen LogP contribution in [0.4, 0.5) is 12.9 Å². The number of hydrogen-bond donors (Lipinski definition) is 0. The molecule has 0 N–H and O–H groups in total. The first-order valence-corrected chi connectivity index (χ1v) is 5.52. The molecule has 1 heterocycles. The minimum atomic E-state index is -4.88. The summed E-state index contributed by atoms with van der Waals surface area (Å²) in [6.07, 6.45) is 1.82. The fourth-order valence-corrected chi connectivity index (χ4v) is 1.94. The molecule has 0 aromatic rings. The van der Waals surface area contributed by atoms with Gasteiger partial charge in [0.05, 0.1) is 0 Å². The SMILES string of the molecule is C=C(CN1CCC(COC)CC1)[B-](F)(F)F. The third-order valence-electron chi connectivity index (χ3n) is 3.00. The topological polar surface area (TPSA) is 12.5 Å². The van der Waals surface area contributed by atoms with E-state index in [1.165, 1.54) is 0 Å². The van der Waals surface area contributed by atoms with Crippen LogP contribution >= 0.6 is 0 Å². The van der Waals surface area contributed by atoms with Crippen molar-refractivity contribution in [1.29, 1.82) is 0 Å². The largest absolute Gasteiger partial charge is 0.506 e. The lowest BCUT2D eigenvalue weighted by Crippen LogP contribution is -2.39. The van der Waals surface area contributed by atoms with E-state index in [1.54, 1.807) is 7.11 Å². The quantitative estimate of drug-likeness (QED) is 0.679. The summed E-state index contributed by atoms with van der Waals surface area (Å²) in [5.41, 5.74) is -0.592. The molecule has 0 radical (unpaired) electrons. The Balaban J connectivity index is 2.30. The summed E-state index contributed by atoms with van der Waals surface area (Å²) in [5.74, 6) is 0.492. The molecule has 1 saturated heterocycles. The van der Waals surface area contributed by atoms with Crippen molar-refractivity contribution in [2.75, 3.05) is 33.4 Å². The van der Waals surface area contributed by atoms with Gasteiger partial charge in [-0.25, -0.2) is 0 Å². The molecule has 2 nitrogen and oxygen atoms in total. The summed E-state index contributed by atoms with van der Waals surface area (Å²) in [7, 11) is 1.65. The molecule has 0 aromatic heterocycles. The Morgan fingerprint density at radius 3 is 2.38 bits per heavy atom. The second-order valence-electron chi connectivity index (χ2n) is 4.41. The molecular weight excluding hydrogens is 218 g/mol. The lowest BCUT2D eigenvalue weighted by atomic mass is 9.80. The van der Waals surface area contributed by atoms with Crippen LogP contribution in [0.3, 0.4) is 0 Å². The number of likely N-dealkylation sites (tertiary alicyclic amines) is 1. The Kier molecular flexibility index (Phi) is 4.86. The lowest BCUT2D eigenvalue weighted by molar-refractivity contribution is 0.103. The van der Waals surface area contributed by atoms with Crippen LogP contribution < -0.4 is 0 Å². The van der Waals surface area contributed by atoms with Gasteiger partial charge in [0.25, 0.3) is 0 Å². The van der Waals surface area contributed by atoms with E-state index < -0.39 is 12.4 Å². The highest BCUT2D eigenvalue weighted by Crippen LogP contribution is 2.22. The second-order valence-corrected chi connectivity index (χ2v) is 4.41. The Morgan fingerprint density at radius 2 is 1.94 bits per heavy atom. The van der Waals surface area contributed by atoms with Crippen molar-refractivity contribution in [3.63, 3.8) is 0 Å². The zero-order valence-corrected chi connectivity index (χ0v) is 9.59. The minimum Gasteiger partial charge on any atom is -0.445 e. The van der Waals surface area contributed by atoms with Gasteiger partial charge < -0.3 is 22.6 Å². The molecule has 1 rings (SSSR count). The van der Waals surface area contributed by atoms with Crippen LogP contribution in [-0.4, -0.2) is 45.2 Å². The van der Waals surface area contributed by atoms with Gasteiger partial charge >= 0.3 is 6.98 Å². The zero-order chi connectivity index (χ0) is 12.2. The fraction of sp³-hybridized carbons (Fsp3) is 0.800. The summed E-state index contributed by atoms with van der Waals surface area (Å²) in [6.45, 7) is 0.315. The van der Waals surface area contributed by atoms with Crippen molar-refractivity contribution in [2.45, 2.75) is 12.8 Å². The summed E-state index contributed by atoms with van der Waals surface area (Å²) in [5, 5.41) is 0. The van der Waals surface area contributed by atoms with Gasteiger partial charge in [-0.3, -0.25) is 0 Å². The van der Waals surface area contributed by atoms with Crippen molar-refractivity contribution in [3.8, 4) is 0 Å². The zero-order valence-electron chi connectivity index (χ0n) is 9.59. The second kappa shape index (κ2) is 5.73. The molecule has 0 bridgehead atoms. The maximum Gasteiger partial charge on any atom is 0.506 e. The molecule has 0 amide bonds. The van der Waals surface area contributed by atoms with Crippen LogP contribution in [0.2, 0.25) is 0 Å². The van der Waals surface area contributed by atoms with Crippen molar-refractivity contribution in [2.24, 2.45) is 5.92 Å². The smallest absolute Gasteiger partial charge is 0.445 e. The van der Waals surface area contributed by atoms with Crippen molar-refractivity contribution < 1.29 is 17.7 Å². The Labute approximate surface area is 94.5 Å². The average Bonchev–Trinajstić information content (AvgIpc) is 2.20. The van der Waals surface area contributed by atoms with Crippen LogP contribution in [0.1, 0.15) is 12.8 Å². The molecular formula is C10H18BF3NO-. The van der Waals surface area contributed by atoms with E-state index in [9.17, 15) is 12.9 Å². The molecule has 0 spiro atoms.